The van der Waals surface area contributed by atoms with E-state index < -0.39 is 5.54 Å². The molecule has 4 heteroatoms. The van der Waals surface area contributed by atoms with E-state index in [2.05, 4.69) is 11.1 Å². The number of aromatic amines is 1. The minimum absolute atomic E-state index is 0.0522. The van der Waals surface area contributed by atoms with E-state index in [1.165, 1.54) is 5.57 Å². The molecule has 96 valence electrons. The first-order valence-electron chi connectivity index (χ1n) is 6.48. The van der Waals surface area contributed by atoms with Gasteiger partial charge in [-0.1, -0.05) is 6.08 Å². The van der Waals surface area contributed by atoms with E-state index in [9.17, 15) is 4.79 Å². The van der Waals surface area contributed by atoms with Gasteiger partial charge in [0.05, 0.1) is 5.54 Å². The Kier molecular flexibility index (Phi) is 2.47. The molecule has 4 nitrogen and oxygen atoms in total. The number of hydrogen-bond donors (Lipinski definition) is 3. The van der Waals surface area contributed by atoms with Crippen LogP contribution in [0, 0.1) is 5.92 Å². The van der Waals surface area contributed by atoms with Gasteiger partial charge in [0.2, 0.25) is 5.56 Å². The lowest BCUT2D eigenvalue weighted by Gasteiger charge is -2.48. The van der Waals surface area contributed by atoms with Gasteiger partial charge < -0.3 is 16.5 Å². The highest BCUT2D eigenvalue weighted by Crippen LogP contribution is 2.47. The molecule has 3 atom stereocenters. The molecule has 3 rings (SSSR count). The van der Waals surface area contributed by atoms with Crippen LogP contribution in [0.3, 0.4) is 0 Å². The molecule has 0 aliphatic heterocycles. The zero-order valence-corrected chi connectivity index (χ0v) is 10.6. The second-order valence-electron chi connectivity index (χ2n) is 5.53. The largest absolute Gasteiger partial charge is 0.328 e. The van der Waals surface area contributed by atoms with E-state index in [0.29, 0.717) is 5.92 Å². The molecule has 0 unspecified atom stereocenters. The van der Waals surface area contributed by atoms with Crippen molar-refractivity contribution in [3.63, 3.8) is 0 Å². The van der Waals surface area contributed by atoms with Gasteiger partial charge >= 0.3 is 0 Å². The molecule has 0 aromatic carbocycles. The van der Waals surface area contributed by atoms with E-state index in [4.69, 9.17) is 11.5 Å². The van der Waals surface area contributed by atoms with Crippen LogP contribution in [-0.4, -0.2) is 11.0 Å². The molecular formula is C14H19N3O. The van der Waals surface area contributed by atoms with E-state index in [0.717, 1.165) is 30.5 Å². The number of rotatable bonds is 0. The molecule has 5 N–H and O–H groups in total. The Balaban J connectivity index is 2.23. The maximum absolute atomic E-state index is 11.4. The predicted molar refractivity (Wildman–Crippen MR) is 71.1 cm³/mol. The van der Waals surface area contributed by atoms with Gasteiger partial charge in [-0.15, -0.1) is 0 Å². The highest BCUT2D eigenvalue weighted by Gasteiger charge is 2.46. The smallest absolute Gasteiger partial charge is 0.248 e. The normalized spacial score (nSPS) is 36.5. The number of pyridine rings is 1. The molecule has 2 aliphatic carbocycles. The molecule has 0 spiro atoms. The summed E-state index contributed by atoms with van der Waals surface area (Å²) < 4.78 is 0. The molecule has 0 amide bonds. The summed E-state index contributed by atoms with van der Waals surface area (Å²) in [4.78, 5) is 14.4. The Morgan fingerprint density at radius 3 is 3.00 bits per heavy atom. The molecular weight excluding hydrogens is 226 g/mol. The second kappa shape index (κ2) is 3.80. The Hall–Kier alpha value is -1.39. The Morgan fingerprint density at radius 1 is 1.50 bits per heavy atom. The van der Waals surface area contributed by atoms with Crippen molar-refractivity contribution in [2.24, 2.45) is 17.4 Å². The minimum atomic E-state index is -0.491. The Morgan fingerprint density at radius 2 is 2.28 bits per heavy atom. The van der Waals surface area contributed by atoms with Crippen LogP contribution in [0.1, 0.15) is 31.0 Å². The zero-order chi connectivity index (χ0) is 12.9. The monoisotopic (exact) mass is 245 g/mol. The van der Waals surface area contributed by atoms with Gasteiger partial charge in [0.15, 0.2) is 0 Å². The Bertz CT molecular complexity index is 575. The number of aromatic nitrogens is 1. The molecule has 0 radical (unpaired) electrons. The molecule has 2 bridgehead atoms. The van der Waals surface area contributed by atoms with Crippen LogP contribution in [0.2, 0.25) is 0 Å². The van der Waals surface area contributed by atoms with Crippen molar-refractivity contribution < 1.29 is 0 Å². The van der Waals surface area contributed by atoms with Crippen LogP contribution in [0.25, 0.3) is 0 Å². The number of allylic oxidation sites excluding steroid dienone is 1. The van der Waals surface area contributed by atoms with E-state index in [1.54, 1.807) is 6.07 Å². The lowest BCUT2D eigenvalue weighted by Crippen LogP contribution is -2.54. The third-order valence-electron chi connectivity index (χ3n) is 4.37. The minimum Gasteiger partial charge on any atom is -0.328 e. The highest BCUT2D eigenvalue weighted by atomic mass is 16.1. The average molecular weight is 245 g/mol. The molecule has 1 heterocycles. The summed E-state index contributed by atoms with van der Waals surface area (Å²) in [5.41, 5.74) is 15.5. The van der Waals surface area contributed by atoms with Gasteiger partial charge in [-0.25, -0.2) is 0 Å². The average Bonchev–Trinajstić information content (AvgIpc) is 2.26. The first kappa shape index (κ1) is 11.7. The topological polar surface area (TPSA) is 84.9 Å². The van der Waals surface area contributed by atoms with Gasteiger partial charge in [0.25, 0.3) is 0 Å². The van der Waals surface area contributed by atoms with Crippen LogP contribution in [0.15, 0.2) is 28.6 Å². The van der Waals surface area contributed by atoms with Gasteiger partial charge in [0, 0.05) is 17.8 Å². The molecule has 0 saturated heterocycles. The maximum Gasteiger partial charge on any atom is 0.248 e. The first-order chi connectivity index (χ1) is 8.54. The SMILES string of the molecule is C/C=C1\[C@H]2Cc3[nH]c(=O)ccc3[C@]1(N)C[C@H](N)C2. The quantitative estimate of drug-likeness (QED) is 0.590. The third kappa shape index (κ3) is 1.49. The Labute approximate surface area is 106 Å². The molecule has 2 aliphatic rings. The van der Waals surface area contributed by atoms with E-state index in [1.807, 2.05) is 13.0 Å². The molecule has 1 aromatic heterocycles. The standard InChI is InChI=1S/C14H19N3O/c1-2-10-8-5-9(15)7-14(10,16)11-3-4-13(18)17-12(11)6-8/h2-4,8-9H,5-7,15-16H2,1H3,(H,17,18)/b10-2+/t8-,9-,14+/m1/s1. The van der Waals surface area contributed by atoms with Crippen LogP contribution >= 0.6 is 0 Å². The van der Waals surface area contributed by atoms with Crippen molar-refractivity contribution in [3.05, 3.63) is 45.4 Å². The first-order valence-corrected chi connectivity index (χ1v) is 6.48. The van der Waals surface area contributed by atoms with Gasteiger partial charge in [-0.2, -0.15) is 0 Å². The number of fused-ring (bicyclic) bond motifs is 4. The van der Waals surface area contributed by atoms with Crippen molar-refractivity contribution in [3.8, 4) is 0 Å². The van der Waals surface area contributed by atoms with Crippen molar-refractivity contribution in [2.45, 2.75) is 37.8 Å². The van der Waals surface area contributed by atoms with Crippen LogP contribution < -0.4 is 17.0 Å². The van der Waals surface area contributed by atoms with Gasteiger partial charge in [-0.3, -0.25) is 4.79 Å². The summed E-state index contributed by atoms with van der Waals surface area (Å²) in [6.07, 6.45) is 4.68. The predicted octanol–water partition coefficient (Wildman–Crippen LogP) is 0.769. The number of nitrogens with two attached hydrogens (primary N) is 2. The van der Waals surface area contributed by atoms with E-state index in [-0.39, 0.29) is 11.6 Å². The summed E-state index contributed by atoms with van der Waals surface area (Å²) in [6.45, 7) is 2.04. The lowest BCUT2D eigenvalue weighted by atomic mass is 9.61. The zero-order valence-electron chi connectivity index (χ0n) is 10.6. The van der Waals surface area contributed by atoms with E-state index >= 15 is 0 Å². The van der Waals surface area contributed by atoms with Gasteiger partial charge in [-0.05, 0) is 49.3 Å². The summed E-state index contributed by atoms with van der Waals surface area (Å²) >= 11 is 0. The summed E-state index contributed by atoms with van der Waals surface area (Å²) in [7, 11) is 0. The highest BCUT2D eigenvalue weighted by molar-refractivity contribution is 5.45. The van der Waals surface area contributed by atoms with Crippen LogP contribution in [0.4, 0.5) is 0 Å². The molecule has 1 saturated carbocycles. The van der Waals surface area contributed by atoms with Crippen LogP contribution in [0.5, 0.6) is 0 Å². The van der Waals surface area contributed by atoms with Crippen LogP contribution in [-0.2, 0) is 12.0 Å². The van der Waals surface area contributed by atoms with Crippen molar-refractivity contribution in [1.29, 1.82) is 0 Å². The van der Waals surface area contributed by atoms with Crippen molar-refractivity contribution in [1.82, 2.24) is 4.98 Å². The molecule has 1 aromatic rings. The number of nitrogens with one attached hydrogen (secondary N) is 1. The number of H-pyrrole nitrogens is 1. The summed E-state index contributed by atoms with van der Waals surface area (Å²) in [6, 6.07) is 3.57. The van der Waals surface area contributed by atoms with Crippen molar-refractivity contribution in [2.75, 3.05) is 0 Å². The lowest BCUT2D eigenvalue weighted by molar-refractivity contribution is 0.266. The summed E-state index contributed by atoms with van der Waals surface area (Å²) in [5.74, 6) is 0.370. The summed E-state index contributed by atoms with van der Waals surface area (Å²) in [5, 5.41) is 0. The maximum atomic E-state index is 11.4. The fourth-order valence-corrected chi connectivity index (χ4v) is 3.77. The van der Waals surface area contributed by atoms with Gasteiger partial charge in [0.1, 0.15) is 0 Å². The second-order valence-corrected chi connectivity index (χ2v) is 5.53. The molecule has 1 fully saturated rings. The fourth-order valence-electron chi connectivity index (χ4n) is 3.77. The fraction of sp³-hybridized carbons (Fsp3) is 0.500. The molecule has 18 heavy (non-hydrogen) atoms. The number of hydrogen-bond acceptors (Lipinski definition) is 3. The third-order valence-corrected chi connectivity index (χ3v) is 4.37. The van der Waals surface area contributed by atoms with Crippen molar-refractivity contribution >= 4 is 0 Å².